The Kier molecular flexibility index (Phi) is 5.11. The zero-order valence-electron chi connectivity index (χ0n) is 18.1. The van der Waals surface area contributed by atoms with Crippen LogP contribution in [-0.4, -0.2) is 21.5 Å². The summed E-state index contributed by atoms with van der Waals surface area (Å²) < 4.78 is 53.4. The van der Waals surface area contributed by atoms with E-state index in [1.165, 1.54) is 25.1 Å². The number of halogens is 3. The van der Waals surface area contributed by atoms with Gasteiger partial charge in [-0.1, -0.05) is 12.1 Å². The zero-order chi connectivity index (χ0) is 24.1. The lowest BCUT2D eigenvalue weighted by atomic mass is 10.1. The number of benzene rings is 2. The number of para-hydroxylation sites is 1. The highest BCUT2D eigenvalue weighted by Crippen LogP contribution is 2.47. The second-order valence-electron chi connectivity index (χ2n) is 8.36. The minimum atomic E-state index is -4.64. The number of hydrogen-bond donors (Lipinski definition) is 1. The van der Waals surface area contributed by atoms with Gasteiger partial charge in [0.05, 0.1) is 11.3 Å². The van der Waals surface area contributed by atoms with E-state index in [1.54, 1.807) is 18.2 Å². The van der Waals surface area contributed by atoms with Gasteiger partial charge in [-0.15, -0.1) is 0 Å². The van der Waals surface area contributed by atoms with Crippen molar-refractivity contribution in [2.75, 3.05) is 5.32 Å². The molecular formula is C24H20F3N3O4. The lowest BCUT2D eigenvalue weighted by molar-refractivity contribution is -0.137. The molecule has 0 atom stereocenters. The second-order valence-corrected chi connectivity index (χ2v) is 8.36. The molecule has 34 heavy (non-hydrogen) atoms. The first kappa shape index (κ1) is 22.0. The molecule has 1 saturated carbocycles. The number of alkyl halides is 3. The Hall–Kier alpha value is -3.82. The first-order chi connectivity index (χ1) is 16.2. The number of rotatable bonds is 3. The predicted molar refractivity (Wildman–Crippen MR) is 116 cm³/mol. The standard InChI is InChI=1S/C24H20F3N3O4/c1-14-12-18(31)21(29-30(14)17-7-3-2-6-16(17)24(25,26)27)22(32)28-15-8-9-19-20(13-15)34-23(33-19)10-4-5-11-23/h2-3,6-9,12-13H,4-5,10-11H2,1H3,(H,28,32). The van der Waals surface area contributed by atoms with Crippen molar-refractivity contribution in [1.29, 1.82) is 0 Å². The molecule has 10 heteroatoms. The summed E-state index contributed by atoms with van der Waals surface area (Å²) >= 11 is 0. The molecule has 1 aromatic heterocycles. The van der Waals surface area contributed by atoms with Gasteiger partial charge >= 0.3 is 6.18 Å². The fourth-order valence-corrected chi connectivity index (χ4v) is 4.33. The summed E-state index contributed by atoms with van der Waals surface area (Å²) in [6.07, 6.45) is -1.09. The fourth-order valence-electron chi connectivity index (χ4n) is 4.33. The Bertz CT molecular complexity index is 1340. The van der Waals surface area contributed by atoms with Gasteiger partial charge in [-0.25, -0.2) is 4.68 Å². The van der Waals surface area contributed by atoms with Gasteiger partial charge in [0.2, 0.25) is 5.43 Å². The smallest absolute Gasteiger partial charge is 0.418 e. The highest BCUT2D eigenvalue weighted by Gasteiger charge is 2.44. The van der Waals surface area contributed by atoms with Crippen molar-refractivity contribution in [1.82, 2.24) is 9.78 Å². The van der Waals surface area contributed by atoms with Crippen LogP contribution in [0.3, 0.4) is 0 Å². The quantitative estimate of drug-likeness (QED) is 0.590. The van der Waals surface area contributed by atoms with E-state index in [4.69, 9.17) is 9.47 Å². The molecular weight excluding hydrogens is 451 g/mol. The number of carbonyl (C=O) groups is 1. The van der Waals surface area contributed by atoms with Crippen LogP contribution in [0.2, 0.25) is 0 Å². The normalized spacial score (nSPS) is 16.1. The molecule has 1 fully saturated rings. The van der Waals surface area contributed by atoms with Gasteiger partial charge in [0.25, 0.3) is 11.7 Å². The summed E-state index contributed by atoms with van der Waals surface area (Å²) in [5.41, 5.74) is -1.97. The van der Waals surface area contributed by atoms with Crippen molar-refractivity contribution >= 4 is 11.6 Å². The van der Waals surface area contributed by atoms with Crippen LogP contribution in [0.5, 0.6) is 11.5 Å². The zero-order valence-corrected chi connectivity index (χ0v) is 18.1. The third kappa shape index (κ3) is 3.89. The van der Waals surface area contributed by atoms with Gasteiger partial charge < -0.3 is 14.8 Å². The monoisotopic (exact) mass is 471 g/mol. The topological polar surface area (TPSA) is 82.5 Å². The average Bonchev–Trinajstić information content (AvgIpc) is 3.38. The van der Waals surface area contributed by atoms with Crippen LogP contribution in [0.1, 0.15) is 47.4 Å². The maximum atomic E-state index is 13.5. The molecule has 0 bridgehead atoms. The molecule has 2 aromatic carbocycles. The van der Waals surface area contributed by atoms with Gasteiger partial charge in [0.15, 0.2) is 17.2 Å². The van der Waals surface area contributed by atoms with Crippen LogP contribution in [0.4, 0.5) is 18.9 Å². The minimum absolute atomic E-state index is 0.156. The number of hydrogen-bond acceptors (Lipinski definition) is 5. The van der Waals surface area contributed by atoms with E-state index >= 15 is 0 Å². The Labute approximate surface area is 192 Å². The van der Waals surface area contributed by atoms with E-state index in [0.717, 1.165) is 42.5 Å². The van der Waals surface area contributed by atoms with Crippen LogP contribution in [0, 0.1) is 6.92 Å². The van der Waals surface area contributed by atoms with Gasteiger partial charge in [-0.2, -0.15) is 18.3 Å². The van der Waals surface area contributed by atoms with E-state index in [1.807, 2.05) is 0 Å². The van der Waals surface area contributed by atoms with Gasteiger partial charge in [-0.05, 0) is 44.0 Å². The summed E-state index contributed by atoms with van der Waals surface area (Å²) in [5, 5.41) is 6.56. The van der Waals surface area contributed by atoms with E-state index in [9.17, 15) is 22.8 Å². The van der Waals surface area contributed by atoms with Crippen molar-refractivity contribution < 1.29 is 27.4 Å². The number of aromatic nitrogens is 2. The summed E-state index contributed by atoms with van der Waals surface area (Å²) in [7, 11) is 0. The van der Waals surface area contributed by atoms with Crippen LogP contribution in [0.15, 0.2) is 53.3 Å². The number of nitrogens with zero attached hydrogens (tertiary/aromatic N) is 2. The molecule has 1 spiro atoms. The Morgan fingerprint density at radius 2 is 1.76 bits per heavy atom. The average molecular weight is 471 g/mol. The summed E-state index contributed by atoms with van der Waals surface area (Å²) in [4.78, 5) is 25.4. The largest absolute Gasteiger partial charge is 0.448 e. The second kappa shape index (κ2) is 7.89. The Morgan fingerprint density at radius 1 is 1.06 bits per heavy atom. The van der Waals surface area contributed by atoms with E-state index in [2.05, 4.69) is 10.4 Å². The van der Waals surface area contributed by atoms with Gasteiger partial charge in [0.1, 0.15) is 0 Å². The van der Waals surface area contributed by atoms with Crippen LogP contribution >= 0.6 is 0 Å². The molecule has 1 aliphatic carbocycles. The number of carbonyl (C=O) groups excluding carboxylic acids is 1. The third-order valence-electron chi connectivity index (χ3n) is 5.92. The number of anilines is 1. The maximum Gasteiger partial charge on any atom is 0.418 e. The number of fused-ring (bicyclic) bond motifs is 1. The first-order valence-electron chi connectivity index (χ1n) is 10.8. The lowest BCUT2D eigenvalue weighted by Gasteiger charge is -2.21. The van der Waals surface area contributed by atoms with E-state index in [-0.39, 0.29) is 11.4 Å². The van der Waals surface area contributed by atoms with Gasteiger partial charge in [0, 0.05) is 36.4 Å². The van der Waals surface area contributed by atoms with Crippen LogP contribution in [-0.2, 0) is 6.18 Å². The number of nitrogens with one attached hydrogen (secondary N) is 1. The number of aryl methyl sites for hydroxylation is 1. The van der Waals surface area contributed by atoms with Gasteiger partial charge in [-0.3, -0.25) is 9.59 Å². The van der Waals surface area contributed by atoms with Crippen LogP contribution < -0.4 is 20.2 Å². The molecule has 0 unspecified atom stereocenters. The molecule has 0 saturated heterocycles. The molecule has 5 rings (SSSR count). The molecule has 2 heterocycles. The molecule has 2 aliphatic rings. The molecule has 3 aromatic rings. The SMILES string of the molecule is Cc1cc(=O)c(C(=O)Nc2ccc3c(c2)OC2(CCCC2)O3)nn1-c1ccccc1C(F)(F)F. The maximum absolute atomic E-state index is 13.5. The number of ether oxygens (including phenoxy) is 2. The molecule has 0 radical (unpaired) electrons. The summed E-state index contributed by atoms with van der Waals surface area (Å²) in [6.45, 7) is 1.44. The highest BCUT2D eigenvalue weighted by atomic mass is 19.4. The molecule has 7 nitrogen and oxygen atoms in total. The summed E-state index contributed by atoms with van der Waals surface area (Å²) in [5.74, 6) is -0.464. The first-order valence-corrected chi connectivity index (χ1v) is 10.8. The fraction of sp³-hybridized carbons (Fsp3) is 0.292. The van der Waals surface area contributed by atoms with Crippen molar-refractivity contribution in [2.45, 2.75) is 44.6 Å². The van der Waals surface area contributed by atoms with Crippen molar-refractivity contribution in [3.8, 4) is 17.2 Å². The van der Waals surface area contributed by atoms with E-state index in [0.29, 0.717) is 17.2 Å². The van der Waals surface area contributed by atoms with Crippen molar-refractivity contribution in [3.63, 3.8) is 0 Å². The van der Waals surface area contributed by atoms with Crippen LogP contribution in [0.25, 0.3) is 5.69 Å². The number of amides is 1. The lowest BCUT2D eigenvalue weighted by Crippen LogP contribution is -2.34. The molecule has 176 valence electrons. The summed E-state index contributed by atoms with van der Waals surface area (Å²) in [6, 6.07) is 10.8. The third-order valence-corrected chi connectivity index (χ3v) is 5.92. The molecule has 1 amide bonds. The predicted octanol–water partition coefficient (Wildman–Crippen LogP) is 4.85. The highest BCUT2D eigenvalue weighted by molar-refractivity contribution is 6.02. The van der Waals surface area contributed by atoms with E-state index < -0.39 is 34.6 Å². The van der Waals surface area contributed by atoms with Crippen molar-refractivity contribution in [3.05, 3.63) is 75.7 Å². The van der Waals surface area contributed by atoms with Crippen molar-refractivity contribution in [2.24, 2.45) is 0 Å². The minimum Gasteiger partial charge on any atom is -0.448 e. The Balaban J connectivity index is 1.45. The molecule has 1 N–H and O–H groups in total. The Morgan fingerprint density at radius 3 is 2.50 bits per heavy atom. The molecule has 1 aliphatic heterocycles.